The number of sulfonamides is 1. The van der Waals surface area contributed by atoms with Crippen LogP contribution in [0.25, 0.3) is 5.69 Å². The molecular weight excluding hydrogens is 551 g/mol. The molecule has 3 rings (SSSR count). The fourth-order valence-electron chi connectivity index (χ4n) is 3.36. The summed E-state index contributed by atoms with van der Waals surface area (Å²) in [5.74, 6) is -0.581. The van der Waals surface area contributed by atoms with Crippen LogP contribution in [0.2, 0.25) is 10.0 Å². The van der Waals surface area contributed by atoms with Crippen LogP contribution in [-0.2, 0) is 14.8 Å². The summed E-state index contributed by atoms with van der Waals surface area (Å²) in [5.41, 5.74) is 6.14. The van der Waals surface area contributed by atoms with Crippen molar-refractivity contribution in [3.05, 3.63) is 80.0 Å². The van der Waals surface area contributed by atoms with Gasteiger partial charge < -0.3 is 4.57 Å². The van der Waals surface area contributed by atoms with E-state index in [1.807, 2.05) is 24.5 Å². The molecule has 0 atom stereocenters. The van der Waals surface area contributed by atoms with Crippen LogP contribution in [-0.4, -0.2) is 37.9 Å². The van der Waals surface area contributed by atoms with E-state index in [1.54, 1.807) is 42.5 Å². The molecule has 1 heterocycles. The van der Waals surface area contributed by atoms with Crippen molar-refractivity contribution in [1.82, 2.24) is 9.99 Å². The Morgan fingerprint density at radius 1 is 1.15 bits per heavy atom. The van der Waals surface area contributed by atoms with E-state index >= 15 is 0 Å². The van der Waals surface area contributed by atoms with E-state index in [2.05, 4.69) is 26.5 Å². The molecule has 7 nitrogen and oxygen atoms in total. The molecule has 0 aliphatic heterocycles. The number of nitrogens with zero attached hydrogens (tertiary/aromatic N) is 3. The largest absolute Gasteiger partial charge is 0.318 e. The van der Waals surface area contributed by atoms with Crippen LogP contribution in [0.3, 0.4) is 0 Å². The van der Waals surface area contributed by atoms with Gasteiger partial charge in [-0.15, -0.1) is 0 Å². The second-order valence-electron chi connectivity index (χ2n) is 7.30. The number of carbonyl (C=O) groups is 1. The standard InChI is InChI=1S/C22H21BrCl2N4O3S/c1-14-8-16(15(2)29(14)19-10-17(24)9-18(25)11-19)12-26-27-22(30)13-28(33(3,31)32)21-7-5-4-6-20(21)23/h4-12H,13H2,1-3H3,(H,27,30)/b26-12-. The first-order chi connectivity index (χ1) is 15.5. The molecule has 0 fully saturated rings. The van der Waals surface area contributed by atoms with Gasteiger partial charge in [0.1, 0.15) is 6.54 Å². The minimum absolute atomic E-state index is 0.364. The number of aromatic nitrogens is 1. The summed E-state index contributed by atoms with van der Waals surface area (Å²) in [4.78, 5) is 12.4. The Labute approximate surface area is 211 Å². The monoisotopic (exact) mass is 570 g/mol. The van der Waals surface area contributed by atoms with E-state index in [-0.39, 0.29) is 0 Å². The molecule has 0 unspecified atom stereocenters. The summed E-state index contributed by atoms with van der Waals surface area (Å²) in [6, 6.07) is 13.9. The predicted octanol–water partition coefficient (Wildman–Crippen LogP) is 5.08. The Bertz CT molecular complexity index is 1320. The number of nitrogens with one attached hydrogen (secondary N) is 1. The van der Waals surface area contributed by atoms with Gasteiger partial charge in [-0.25, -0.2) is 13.8 Å². The maximum atomic E-state index is 12.4. The molecule has 174 valence electrons. The second kappa shape index (κ2) is 10.3. The van der Waals surface area contributed by atoms with E-state index in [0.29, 0.717) is 20.2 Å². The van der Waals surface area contributed by atoms with Gasteiger partial charge in [-0.2, -0.15) is 5.10 Å². The number of rotatable bonds is 7. The van der Waals surface area contributed by atoms with Crippen molar-refractivity contribution >= 4 is 67.0 Å². The summed E-state index contributed by atoms with van der Waals surface area (Å²) in [6.07, 6.45) is 2.55. The van der Waals surface area contributed by atoms with Gasteiger partial charge in [-0.05, 0) is 66.2 Å². The summed E-state index contributed by atoms with van der Waals surface area (Å²) < 4.78 is 28.0. The van der Waals surface area contributed by atoms with Crippen LogP contribution >= 0.6 is 39.1 Å². The summed E-state index contributed by atoms with van der Waals surface area (Å²) in [6.45, 7) is 3.42. The molecule has 33 heavy (non-hydrogen) atoms. The topological polar surface area (TPSA) is 83.8 Å². The first kappa shape index (κ1) is 25.3. The molecular formula is C22H21BrCl2N4O3S. The zero-order chi connectivity index (χ0) is 24.3. The molecule has 1 aromatic heterocycles. The first-order valence-electron chi connectivity index (χ1n) is 9.67. The number of hydrogen-bond donors (Lipinski definition) is 1. The summed E-state index contributed by atoms with van der Waals surface area (Å²) in [7, 11) is -3.69. The van der Waals surface area contributed by atoms with E-state index in [9.17, 15) is 13.2 Å². The van der Waals surface area contributed by atoms with Gasteiger partial charge in [0.05, 0.1) is 18.2 Å². The van der Waals surface area contributed by atoms with E-state index in [0.717, 1.165) is 33.2 Å². The van der Waals surface area contributed by atoms with Crippen molar-refractivity contribution in [2.75, 3.05) is 17.1 Å². The minimum Gasteiger partial charge on any atom is -0.318 e. The normalized spacial score (nSPS) is 11.7. The quantitative estimate of drug-likeness (QED) is 0.317. The number of halogens is 3. The number of amides is 1. The highest BCUT2D eigenvalue weighted by Crippen LogP contribution is 2.28. The Morgan fingerprint density at radius 2 is 1.79 bits per heavy atom. The lowest BCUT2D eigenvalue weighted by Crippen LogP contribution is -2.39. The third-order valence-electron chi connectivity index (χ3n) is 4.78. The van der Waals surface area contributed by atoms with Gasteiger partial charge in [0.15, 0.2) is 0 Å². The smallest absolute Gasteiger partial charge is 0.260 e. The molecule has 0 bridgehead atoms. The Balaban J connectivity index is 1.77. The lowest BCUT2D eigenvalue weighted by Gasteiger charge is -2.22. The van der Waals surface area contributed by atoms with Gasteiger partial charge in [0.25, 0.3) is 5.91 Å². The lowest BCUT2D eigenvalue weighted by molar-refractivity contribution is -0.119. The zero-order valence-corrected chi connectivity index (χ0v) is 21.9. The van der Waals surface area contributed by atoms with Crippen LogP contribution in [0, 0.1) is 13.8 Å². The highest BCUT2D eigenvalue weighted by molar-refractivity contribution is 9.10. The maximum absolute atomic E-state index is 12.4. The fraction of sp³-hybridized carbons (Fsp3) is 0.182. The summed E-state index contributed by atoms with van der Waals surface area (Å²) in [5, 5.41) is 5.06. The number of benzene rings is 2. The molecule has 0 aliphatic carbocycles. The van der Waals surface area contributed by atoms with Gasteiger partial charge in [0, 0.05) is 37.2 Å². The van der Waals surface area contributed by atoms with Crippen molar-refractivity contribution in [3.8, 4) is 5.69 Å². The van der Waals surface area contributed by atoms with E-state index < -0.39 is 22.5 Å². The molecule has 3 aromatic rings. The molecule has 1 amide bonds. The molecule has 0 radical (unpaired) electrons. The number of hydrogen-bond acceptors (Lipinski definition) is 4. The highest BCUT2D eigenvalue weighted by Gasteiger charge is 2.22. The Kier molecular flexibility index (Phi) is 7.89. The predicted molar refractivity (Wildman–Crippen MR) is 137 cm³/mol. The van der Waals surface area contributed by atoms with Gasteiger partial charge >= 0.3 is 0 Å². The van der Waals surface area contributed by atoms with Gasteiger partial charge in [0.2, 0.25) is 10.0 Å². The second-order valence-corrected chi connectivity index (χ2v) is 10.9. The maximum Gasteiger partial charge on any atom is 0.260 e. The molecule has 11 heteroatoms. The molecule has 0 saturated carbocycles. The number of para-hydroxylation sites is 1. The SMILES string of the molecule is Cc1cc(/C=N\NC(=O)CN(c2ccccc2Br)S(C)(=O)=O)c(C)n1-c1cc(Cl)cc(Cl)c1. The van der Waals surface area contributed by atoms with Crippen LogP contribution in [0.15, 0.2) is 58.1 Å². The van der Waals surface area contributed by atoms with Gasteiger partial charge in [-0.1, -0.05) is 35.3 Å². The van der Waals surface area contributed by atoms with Crippen molar-refractivity contribution in [2.45, 2.75) is 13.8 Å². The molecule has 2 aromatic carbocycles. The number of anilines is 1. The molecule has 0 aliphatic rings. The highest BCUT2D eigenvalue weighted by atomic mass is 79.9. The van der Waals surface area contributed by atoms with Crippen molar-refractivity contribution < 1.29 is 13.2 Å². The van der Waals surface area contributed by atoms with Crippen molar-refractivity contribution in [3.63, 3.8) is 0 Å². The number of hydrazone groups is 1. The lowest BCUT2D eigenvalue weighted by atomic mass is 10.2. The van der Waals surface area contributed by atoms with E-state index in [1.165, 1.54) is 6.21 Å². The first-order valence-corrected chi connectivity index (χ1v) is 13.1. The van der Waals surface area contributed by atoms with Crippen LogP contribution in [0.1, 0.15) is 17.0 Å². The number of aryl methyl sites for hydroxylation is 1. The molecule has 0 spiro atoms. The number of carbonyl (C=O) groups excluding carboxylic acids is 1. The average Bonchev–Trinajstić information content (AvgIpc) is 2.98. The molecule has 0 saturated heterocycles. The average molecular weight is 572 g/mol. The third-order valence-corrected chi connectivity index (χ3v) is 7.01. The minimum atomic E-state index is -3.69. The fourth-order valence-corrected chi connectivity index (χ4v) is 5.36. The van der Waals surface area contributed by atoms with Crippen LogP contribution < -0.4 is 9.73 Å². The molecule has 1 N–H and O–H groups in total. The zero-order valence-electron chi connectivity index (χ0n) is 18.0. The van der Waals surface area contributed by atoms with Crippen LogP contribution in [0.4, 0.5) is 5.69 Å². The van der Waals surface area contributed by atoms with E-state index in [4.69, 9.17) is 23.2 Å². The third kappa shape index (κ3) is 6.17. The van der Waals surface area contributed by atoms with Gasteiger partial charge in [-0.3, -0.25) is 9.10 Å². The Morgan fingerprint density at radius 3 is 2.39 bits per heavy atom. The van der Waals surface area contributed by atoms with Crippen LogP contribution in [0.5, 0.6) is 0 Å². The summed E-state index contributed by atoms with van der Waals surface area (Å²) >= 11 is 15.6. The van der Waals surface area contributed by atoms with Crippen molar-refractivity contribution in [2.24, 2.45) is 5.10 Å². The Hall–Kier alpha value is -2.33. The van der Waals surface area contributed by atoms with Crippen molar-refractivity contribution in [1.29, 1.82) is 0 Å².